The van der Waals surface area contributed by atoms with Gasteiger partial charge in [-0.25, -0.2) is 0 Å². The van der Waals surface area contributed by atoms with Crippen LogP contribution >= 0.6 is 23.2 Å². The number of hydrogen-bond donors (Lipinski definition) is 3. The number of halogens is 2. The van der Waals surface area contributed by atoms with Gasteiger partial charge in [-0.05, 0) is 36.2 Å². The fraction of sp³-hybridized carbons (Fsp3) is 0.200. The smallest absolute Gasteiger partial charge is 0.217 e. The third-order valence-electron chi connectivity index (χ3n) is 3.17. The maximum absolute atomic E-state index is 10.8. The number of amides is 1. The molecule has 1 unspecified atom stereocenters. The molecule has 2 rings (SSSR count). The first-order valence-electron chi connectivity index (χ1n) is 6.48. The van der Waals surface area contributed by atoms with Crippen LogP contribution in [0.25, 0.3) is 0 Å². The highest BCUT2D eigenvalue weighted by Crippen LogP contribution is 2.39. The second-order valence-corrected chi connectivity index (χ2v) is 5.53. The standard InChI is InChI=1S/C15H14Cl2N2O3/c16-10-2-3-11(20)13(14(10)17)15(22)8-5-6-19-9(7-8)1-4-12(18)21/h2-3,5-7,15,20,22H,1,4H2,(H2,18,21). The van der Waals surface area contributed by atoms with E-state index >= 15 is 0 Å². The molecule has 0 radical (unpaired) electrons. The van der Waals surface area contributed by atoms with Gasteiger partial charge in [0.15, 0.2) is 0 Å². The van der Waals surface area contributed by atoms with Crippen molar-refractivity contribution in [3.8, 4) is 5.75 Å². The lowest BCUT2D eigenvalue weighted by Crippen LogP contribution is -2.12. The van der Waals surface area contributed by atoms with Crippen molar-refractivity contribution < 1.29 is 15.0 Å². The topological polar surface area (TPSA) is 96.4 Å². The Labute approximate surface area is 137 Å². The van der Waals surface area contributed by atoms with Gasteiger partial charge in [0.2, 0.25) is 5.91 Å². The van der Waals surface area contributed by atoms with Crippen LogP contribution in [0.2, 0.25) is 10.0 Å². The molecule has 0 saturated heterocycles. The van der Waals surface area contributed by atoms with Gasteiger partial charge < -0.3 is 15.9 Å². The quantitative estimate of drug-likeness (QED) is 0.779. The van der Waals surface area contributed by atoms with E-state index in [1.165, 1.54) is 18.3 Å². The Morgan fingerprint density at radius 3 is 2.73 bits per heavy atom. The average molecular weight is 341 g/mol. The van der Waals surface area contributed by atoms with Crippen molar-refractivity contribution in [3.63, 3.8) is 0 Å². The van der Waals surface area contributed by atoms with E-state index in [0.29, 0.717) is 17.7 Å². The molecule has 0 bridgehead atoms. The lowest BCUT2D eigenvalue weighted by molar-refractivity contribution is -0.118. The summed E-state index contributed by atoms with van der Waals surface area (Å²) in [4.78, 5) is 14.9. The van der Waals surface area contributed by atoms with Gasteiger partial charge in [-0.3, -0.25) is 9.78 Å². The number of phenols is 1. The monoisotopic (exact) mass is 340 g/mol. The summed E-state index contributed by atoms with van der Waals surface area (Å²) in [5, 5.41) is 20.7. The van der Waals surface area contributed by atoms with Crippen LogP contribution in [0.15, 0.2) is 30.5 Å². The van der Waals surface area contributed by atoms with Crippen molar-refractivity contribution in [2.75, 3.05) is 0 Å². The van der Waals surface area contributed by atoms with Crippen LogP contribution in [-0.4, -0.2) is 21.1 Å². The largest absolute Gasteiger partial charge is 0.508 e. The molecule has 1 heterocycles. The first-order valence-corrected chi connectivity index (χ1v) is 7.23. The average Bonchev–Trinajstić information content (AvgIpc) is 2.49. The summed E-state index contributed by atoms with van der Waals surface area (Å²) in [7, 11) is 0. The van der Waals surface area contributed by atoms with E-state index in [0.717, 1.165) is 0 Å². The number of carbonyl (C=O) groups excluding carboxylic acids is 1. The molecular formula is C15H14Cl2N2O3. The molecule has 1 aromatic carbocycles. The van der Waals surface area contributed by atoms with Crippen LogP contribution in [0.3, 0.4) is 0 Å². The van der Waals surface area contributed by atoms with E-state index in [-0.39, 0.29) is 27.8 Å². The Bertz CT molecular complexity index is 707. The number of pyridine rings is 1. The SMILES string of the molecule is NC(=O)CCc1cc(C(O)c2c(O)ccc(Cl)c2Cl)ccn1. The number of nitrogens with two attached hydrogens (primary N) is 1. The lowest BCUT2D eigenvalue weighted by atomic mass is 10.00. The van der Waals surface area contributed by atoms with Crippen molar-refractivity contribution in [3.05, 3.63) is 57.3 Å². The second-order valence-electron chi connectivity index (χ2n) is 4.74. The number of nitrogens with zero attached hydrogens (tertiary/aromatic N) is 1. The van der Waals surface area contributed by atoms with E-state index in [1.807, 2.05) is 0 Å². The summed E-state index contributed by atoms with van der Waals surface area (Å²) in [6.07, 6.45) is 0.868. The molecule has 1 amide bonds. The van der Waals surface area contributed by atoms with Gasteiger partial charge in [0.25, 0.3) is 0 Å². The van der Waals surface area contributed by atoms with Crippen LogP contribution in [0.4, 0.5) is 0 Å². The Balaban J connectivity index is 2.34. The van der Waals surface area contributed by atoms with Crippen LogP contribution in [0.5, 0.6) is 5.75 Å². The van der Waals surface area contributed by atoms with Crippen LogP contribution < -0.4 is 5.73 Å². The van der Waals surface area contributed by atoms with Crippen molar-refractivity contribution in [2.24, 2.45) is 5.73 Å². The van der Waals surface area contributed by atoms with Crippen molar-refractivity contribution in [2.45, 2.75) is 18.9 Å². The number of primary amides is 1. The number of hydrogen-bond acceptors (Lipinski definition) is 4. The van der Waals surface area contributed by atoms with Crippen molar-refractivity contribution >= 4 is 29.1 Å². The van der Waals surface area contributed by atoms with E-state index in [1.54, 1.807) is 12.1 Å². The number of aliphatic hydroxyl groups excluding tert-OH is 1. The van der Waals surface area contributed by atoms with Crippen LogP contribution in [0, 0.1) is 0 Å². The van der Waals surface area contributed by atoms with Gasteiger partial charge in [0, 0.05) is 23.9 Å². The third-order valence-corrected chi connectivity index (χ3v) is 3.99. The predicted molar refractivity (Wildman–Crippen MR) is 83.9 cm³/mol. The minimum absolute atomic E-state index is 0.0877. The number of aromatic nitrogens is 1. The third kappa shape index (κ3) is 3.68. The molecule has 2 aromatic rings. The molecule has 4 N–H and O–H groups in total. The van der Waals surface area contributed by atoms with E-state index in [4.69, 9.17) is 28.9 Å². The van der Waals surface area contributed by atoms with Crippen molar-refractivity contribution in [1.82, 2.24) is 4.98 Å². The number of carbonyl (C=O) groups is 1. The molecule has 22 heavy (non-hydrogen) atoms. The lowest BCUT2D eigenvalue weighted by Gasteiger charge is -2.16. The minimum atomic E-state index is -1.17. The van der Waals surface area contributed by atoms with E-state index < -0.39 is 12.0 Å². The van der Waals surface area contributed by atoms with E-state index in [9.17, 15) is 15.0 Å². The second kappa shape index (κ2) is 6.96. The molecule has 0 aliphatic heterocycles. The maximum Gasteiger partial charge on any atom is 0.217 e. The summed E-state index contributed by atoms with van der Waals surface area (Å²) in [6, 6.07) is 6.03. The molecule has 0 fully saturated rings. The van der Waals surface area contributed by atoms with Gasteiger partial charge in [0.05, 0.1) is 10.0 Å². The zero-order valence-electron chi connectivity index (χ0n) is 11.5. The number of aliphatic hydroxyl groups is 1. The maximum atomic E-state index is 10.8. The summed E-state index contributed by atoms with van der Waals surface area (Å²) >= 11 is 12.0. The van der Waals surface area contributed by atoms with Gasteiger partial charge in [-0.15, -0.1) is 0 Å². The Morgan fingerprint density at radius 1 is 1.32 bits per heavy atom. The Kier molecular flexibility index (Phi) is 5.24. The molecule has 0 spiro atoms. The number of aryl methyl sites for hydroxylation is 1. The van der Waals surface area contributed by atoms with E-state index in [2.05, 4.69) is 4.98 Å². The van der Waals surface area contributed by atoms with Gasteiger partial charge in [0.1, 0.15) is 11.9 Å². The molecule has 1 atom stereocenters. The number of aromatic hydroxyl groups is 1. The highest BCUT2D eigenvalue weighted by molar-refractivity contribution is 6.42. The number of benzene rings is 1. The van der Waals surface area contributed by atoms with Gasteiger partial charge in [-0.2, -0.15) is 0 Å². The zero-order valence-corrected chi connectivity index (χ0v) is 13.0. The zero-order chi connectivity index (χ0) is 16.3. The van der Waals surface area contributed by atoms with Crippen LogP contribution in [-0.2, 0) is 11.2 Å². The van der Waals surface area contributed by atoms with Gasteiger partial charge >= 0.3 is 0 Å². The molecule has 0 aliphatic carbocycles. The summed E-state index contributed by atoms with van der Waals surface area (Å²) < 4.78 is 0. The fourth-order valence-electron chi connectivity index (χ4n) is 2.04. The predicted octanol–water partition coefficient (Wildman–Crippen LogP) is 2.59. The Hall–Kier alpha value is -1.82. The highest BCUT2D eigenvalue weighted by atomic mass is 35.5. The fourth-order valence-corrected chi connectivity index (χ4v) is 2.47. The summed E-state index contributed by atoms with van der Waals surface area (Å²) in [5.74, 6) is -0.583. The molecule has 116 valence electrons. The first kappa shape index (κ1) is 16.5. The van der Waals surface area contributed by atoms with Gasteiger partial charge in [-0.1, -0.05) is 23.2 Å². The summed E-state index contributed by atoms with van der Waals surface area (Å²) in [6.45, 7) is 0. The molecular weight excluding hydrogens is 327 g/mol. The Morgan fingerprint density at radius 2 is 2.05 bits per heavy atom. The normalized spacial score (nSPS) is 12.1. The molecule has 7 heteroatoms. The first-order chi connectivity index (χ1) is 10.4. The highest BCUT2D eigenvalue weighted by Gasteiger charge is 2.20. The molecule has 1 aromatic heterocycles. The molecule has 5 nitrogen and oxygen atoms in total. The number of rotatable bonds is 5. The van der Waals surface area contributed by atoms with Crippen LogP contribution in [0.1, 0.15) is 29.3 Å². The number of phenolic OH excluding ortho intramolecular Hbond substituents is 1. The minimum Gasteiger partial charge on any atom is -0.508 e. The molecule has 0 aliphatic rings. The molecule has 0 saturated carbocycles. The van der Waals surface area contributed by atoms with Crippen molar-refractivity contribution in [1.29, 1.82) is 0 Å². The summed E-state index contributed by atoms with van der Waals surface area (Å²) in [5.41, 5.74) is 6.32.